The van der Waals surface area contributed by atoms with Crippen LogP contribution in [0.5, 0.6) is 5.75 Å². The van der Waals surface area contributed by atoms with Crippen molar-refractivity contribution in [2.75, 3.05) is 33.1 Å². The quantitative estimate of drug-likeness (QED) is 0.550. The molecule has 2 N–H and O–H groups in total. The molecule has 31 heavy (non-hydrogen) atoms. The lowest BCUT2D eigenvalue weighted by Crippen LogP contribution is -2.24. The number of nitrogens with one attached hydrogen (secondary N) is 2. The van der Waals surface area contributed by atoms with E-state index in [0.717, 1.165) is 36.1 Å². The number of amides is 2. The van der Waals surface area contributed by atoms with Crippen molar-refractivity contribution < 1.29 is 14.3 Å². The van der Waals surface area contributed by atoms with E-state index in [2.05, 4.69) is 20.1 Å². The molecule has 2 aromatic carbocycles. The summed E-state index contributed by atoms with van der Waals surface area (Å²) in [7, 11) is 5.71. The average molecular weight is 418 g/mol. The molecule has 3 aromatic rings. The van der Waals surface area contributed by atoms with Crippen molar-refractivity contribution in [1.82, 2.24) is 14.8 Å². The standard InChI is InChI=1S/C24H26N4O3/c1-27(2)12-7-13-28-15-19(18-14-17(31-3)10-11-20(18)28)21-22(24(30)26-23(21)29)25-16-8-5-4-6-9-16/h4-6,8-11,14-15H,7,12-13H2,1-3H3,(H2,25,26,29,30). The van der Waals surface area contributed by atoms with E-state index in [1.165, 1.54) is 0 Å². The number of nitrogens with zero attached hydrogens (tertiary/aromatic N) is 2. The van der Waals surface area contributed by atoms with Gasteiger partial charge >= 0.3 is 0 Å². The molecule has 0 unspecified atom stereocenters. The number of aromatic nitrogens is 1. The molecule has 4 rings (SSSR count). The summed E-state index contributed by atoms with van der Waals surface area (Å²) in [6, 6.07) is 15.2. The summed E-state index contributed by atoms with van der Waals surface area (Å²) in [4.78, 5) is 27.6. The van der Waals surface area contributed by atoms with Crippen molar-refractivity contribution in [2.24, 2.45) is 0 Å². The number of carbonyl (C=O) groups excluding carboxylic acids is 2. The molecule has 2 amide bonds. The predicted octanol–water partition coefficient (Wildman–Crippen LogP) is 3.08. The van der Waals surface area contributed by atoms with E-state index in [-0.39, 0.29) is 5.70 Å². The molecular formula is C24H26N4O3. The number of hydrogen-bond acceptors (Lipinski definition) is 5. The van der Waals surface area contributed by atoms with Crippen molar-refractivity contribution in [3.05, 3.63) is 66.0 Å². The minimum atomic E-state index is -0.430. The van der Waals surface area contributed by atoms with Crippen LogP contribution >= 0.6 is 0 Å². The highest BCUT2D eigenvalue weighted by molar-refractivity contribution is 6.38. The van der Waals surface area contributed by atoms with Crippen molar-refractivity contribution in [1.29, 1.82) is 0 Å². The smallest absolute Gasteiger partial charge is 0.275 e. The van der Waals surface area contributed by atoms with Crippen LogP contribution < -0.4 is 15.4 Å². The maximum absolute atomic E-state index is 12.8. The normalized spacial score (nSPS) is 13.9. The van der Waals surface area contributed by atoms with E-state index in [1.54, 1.807) is 7.11 Å². The highest BCUT2D eigenvalue weighted by Gasteiger charge is 2.33. The van der Waals surface area contributed by atoms with Crippen molar-refractivity contribution >= 4 is 34.0 Å². The Morgan fingerprint density at radius 2 is 1.84 bits per heavy atom. The maximum Gasteiger partial charge on any atom is 0.275 e. The highest BCUT2D eigenvalue weighted by atomic mass is 16.5. The van der Waals surface area contributed by atoms with Gasteiger partial charge in [-0.3, -0.25) is 14.9 Å². The van der Waals surface area contributed by atoms with Crippen LogP contribution in [0.3, 0.4) is 0 Å². The second kappa shape index (κ2) is 8.65. The van der Waals surface area contributed by atoms with Crippen molar-refractivity contribution in [3.8, 4) is 5.75 Å². The Morgan fingerprint density at radius 1 is 1.06 bits per heavy atom. The molecule has 0 atom stereocenters. The van der Waals surface area contributed by atoms with Crippen LogP contribution in [0.2, 0.25) is 0 Å². The van der Waals surface area contributed by atoms with E-state index >= 15 is 0 Å². The van der Waals surface area contributed by atoms with Gasteiger partial charge in [-0.05, 0) is 57.4 Å². The van der Waals surface area contributed by atoms with E-state index < -0.39 is 11.8 Å². The molecule has 0 aliphatic carbocycles. The maximum atomic E-state index is 12.8. The zero-order chi connectivity index (χ0) is 22.0. The first kappa shape index (κ1) is 20.7. The van der Waals surface area contributed by atoms with Gasteiger partial charge in [-0.2, -0.15) is 0 Å². The lowest BCUT2D eigenvalue weighted by molar-refractivity contribution is -0.123. The Balaban J connectivity index is 1.83. The molecule has 1 aliphatic rings. The van der Waals surface area contributed by atoms with Gasteiger partial charge in [-0.15, -0.1) is 0 Å². The fraction of sp³-hybridized carbons (Fsp3) is 0.250. The summed E-state index contributed by atoms with van der Waals surface area (Å²) in [6.07, 6.45) is 2.92. The molecule has 0 spiro atoms. The van der Waals surface area contributed by atoms with Crippen LogP contribution in [0.4, 0.5) is 5.69 Å². The summed E-state index contributed by atoms with van der Waals surface area (Å²) in [5.74, 6) is -0.137. The number of ether oxygens (including phenoxy) is 1. The van der Waals surface area contributed by atoms with Crippen molar-refractivity contribution in [3.63, 3.8) is 0 Å². The minimum absolute atomic E-state index is 0.256. The molecule has 0 radical (unpaired) electrons. The number of imide groups is 1. The molecule has 0 fully saturated rings. The molecule has 1 aromatic heterocycles. The van der Waals surface area contributed by atoms with Gasteiger partial charge in [0.25, 0.3) is 11.8 Å². The van der Waals surface area contributed by atoms with Gasteiger partial charge in [-0.25, -0.2) is 0 Å². The fourth-order valence-electron chi connectivity index (χ4n) is 3.84. The molecule has 1 aliphatic heterocycles. The first-order chi connectivity index (χ1) is 15.0. The number of para-hydroxylation sites is 1. The Kier molecular flexibility index (Phi) is 5.77. The number of methoxy groups -OCH3 is 1. The number of hydrogen-bond donors (Lipinski definition) is 2. The molecule has 0 saturated heterocycles. The monoisotopic (exact) mass is 418 g/mol. The largest absolute Gasteiger partial charge is 0.497 e. The topological polar surface area (TPSA) is 75.6 Å². The van der Waals surface area contributed by atoms with E-state index in [9.17, 15) is 9.59 Å². The van der Waals surface area contributed by atoms with Gasteiger partial charge in [0.05, 0.1) is 12.7 Å². The van der Waals surface area contributed by atoms with Gasteiger partial charge < -0.3 is 19.5 Å². The molecule has 7 nitrogen and oxygen atoms in total. The zero-order valence-corrected chi connectivity index (χ0v) is 17.9. The summed E-state index contributed by atoms with van der Waals surface area (Å²) >= 11 is 0. The summed E-state index contributed by atoms with van der Waals surface area (Å²) in [5, 5.41) is 6.44. The number of anilines is 1. The van der Waals surface area contributed by atoms with Crippen LogP contribution in [0.15, 0.2) is 60.4 Å². The minimum Gasteiger partial charge on any atom is -0.497 e. The second-order valence-corrected chi connectivity index (χ2v) is 7.80. The van der Waals surface area contributed by atoms with Gasteiger partial charge in [0.15, 0.2) is 0 Å². The molecule has 7 heteroatoms. The summed E-state index contributed by atoms with van der Waals surface area (Å²) < 4.78 is 7.55. The van der Waals surface area contributed by atoms with Crippen LogP contribution in [-0.2, 0) is 16.1 Å². The Hall–Kier alpha value is -3.58. The second-order valence-electron chi connectivity index (χ2n) is 7.80. The fourth-order valence-corrected chi connectivity index (χ4v) is 3.84. The summed E-state index contributed by atoms with van der Waals surface area (Å²) in [5.41, 5.74) is 3.05. The third kappa shape index (κ3) is 4.18. The highest BCUT2D eigenvalue weighted by Crippen LogP contribution is 2.34. The van der Waals surface area contributed by atoms with E-state index in [0.29, 0.717) is 16.9 Å². The van der Waals surface area contributed by atoms with E-state index in [1.807, 2.05) is 68.8 Å². The molecule has 0 saturated carbocycles. The third-order valence-corrected chi connectivity index (χ3v) is 5.34. The zero-order valence-electron chi connectivity index (χ0n) is 17.9. The summed E-state index contributed by atoms with van der Waals surface area (Å²) in [6.45, 7) is 1.75. The average Bonchev–Trinajstić information content (AvgIpc) is 3.24. The van der Waals surface area contributed by atoms with Crippen molar-refractivity contribution in [2.45, 2.75) is 13.0 Å². The molecule has 160 valence electrons. The van der Waals surface area contributed by atoms with Crippen LogP contribution in [-0.4, -0.2) is 49.0 Å². The number of benzene rings is 2. The van der Waals surface area contributed by atoms with Crippen LogP contribution in [0.25, 0.3) is 16.5 Å². The Morgan fingerprint density at radius 3 is 2.55 bits per heavy atom. The van der Waals surface area contributed by atoms with Crippen LogP contribution in [0, 0.1) is 0 Å². The van der Waals surface area contributed by atoms with Gasteiger partial charge in [-0.1, -0.05) is 18.2 Å². The Labute approximate surface area is 181 Å². The predicted molar refractivity (Wildman–Crippen MR) is 122 cm³/mol. The lowest BCUT2D eigenvalue weighted by Gasteiger charge is -2.10. The van der Waals surface area contributed by atoms with Crippen LogP contribution in [0.1, 0.15) is 12.0 Å². The number of carbonyl (C=O) groups is 2. The number of fused-ring (bicyclic) bond motifs is 1. The van der Waals surface area contributed by atoms with Gasteiger partial charge in [0, 0.05) is 34.9 Å². The van der Waals surface area contributed by atoms with Gasteiger partial charge in [0.1, 0.15) is 11.4 Å². The first-order valence-corrected chi connectivity index (χ1v) is 10.2. The molecule has 0 bridgehead atoms. The Bertz CT molecular complexity index is 1160. The number of rotatable bonds is 8. The van der Waals surface area contributed by atoms with Gasteiger partial charge in [0.2, 0.25) is 0 Å². The number of aryl methyl sites for hydroxylation is 1. The third-order valence-electron chi connectivity index (χ3n) is 5.34. The SMILES string of the molecule is COc1ccc2c(c1)c(C1=C(Nc3ccccc3)C(=O)NC1=O)cn2CCCN(C)C. The lowest BCUT2D eigenvalue weighted by atomic mass is 10.0. The molecule has 2 heterocycles. The molecular weight excluding hydrogens is 392 g/mol. The first-order valence-electron chi connectivity index (χ1n) is 10.2. The van der Waals surface area contributed by atoms with E-state index in [4.69, 9.17) is 4.74 Å².